The van der Waals surface area contributed by atoms with Crippen LogP contribution < -0.4 is 10.0 Å². The number of hydrogen-bond donors (Lipinski definition) is 2. The van der Waals surface area contributed by atoms with Crippen LogP contribution in [0.1, 0.15) is 18.4 Å². The van der Waals surface area contributed by atoms with Gasteiger partial charge in [-0.2, -0.15) is 0 Å². The van der Waals surface area contributed by atoms with Crippen LogP contribution in [0.25, 0.3) is 0 Å². The van der Waals surface area contributed by atoms with Crippen LogP contribution in [0.15, 0.2) is 23.1 Å². The van der Waals surface area contributed by atoms with E-state index in [4.69, 9.17) is 0 Å². The zero-order chi connectivity index (χ0) is 13.2. The van der Waals surface area contributed by atoms with Crippen LogP contribution in [-0.2, 0) is 10.0 Å². The number of benzene rings is 1. The second-order valence-corrected chi connectivity index (χ2v) is 6.24. The van der Waals surface area contributed by atoms with E-state index in [1.807, 2.05) is 0 Å². The maximum Gasteiger partial charge on any atom is 0.241 e. The summed E-state index contributed by atoms with van der Waals surface area (Å²) in [5, 5.41) is 3.17. The Bertz CT molecular complexity index is 525. The monoisotopic (exact) mass is 272 g/mol. The molecule has 100 valence electrons. The van der Waals surface area contributed by atoms with E-state index in [0.717, 1.165) is 32.0 Å². The standard InChI is InChI=1S/C12H17FN2O2S/c1-9-2-3-10(13)8-12(9)18(16,17)15-11-4-6-14-7-5-11/h2-3,8,11,14-15H,4-7H2,1H3. The summed E-state index contributed by atoms with van der Waals surface area (Å²) in [7, 11) is -3.63. The van der Waals surface area contributed by atoms with E-state index in [9.17, 15) is 12.8 Å². The minimum atomic E-state index is -3.63. The Morgan fingerprint density at radius 3 is 2.67 bits per heavy atom. The molecule has 6 heteroatoms. The summed E-state index contributed by atoms with van der Waals surface area (Å²) >= 11 is 0. The molecule has 1 saturated heterocycles. The van der Waals surface area contributed by atoms with Crippen LogP contribution in [0.2, 0.25) is 0 Å². The molecule has 0 amide bonds. The first-order valence-electron chi connectivity index (χ1n) is 5.98. The zero-order valence-corrected chi connectivity index (χ0v) is 11.1. The molecule has 0 spiro atoms. The van der Waals surface area contributed by atoms with Crippen LogP contribution in [-0.4, -0.2) is 27.5 Å². The van der Waals surface area contributed by atoms with Crippen molar-refractivity contribution in [2.24, 2.45) is 0 Å². The van der Waals surface area contributed by atoms with Gasteiger partial charge in [0.15, 0.2) is 0 Å². The minimum absolute atomic E-state index is 0.0287. The van der Waals surface area contributed by atoms with Gasteiger partial charge >= 0.3 is 0 Å². The van der Waals surface area contributed by atoms with E-state index < -0.39 is 15.8 Å². The quantitative estimate of drug-likeness (QED) is 0.868. The average molecular weight is 272 g/mol. The number of hydrogen-bond acceptors (Lipinski definition) is 3. The third kappa shape index (κ3) is 3.07. The molecule has 4 nitrogen and oxygen atoms in total. The number of nitrogens with one attached hydrogen (secondary N) is 2. The summed E-state index contributed by atoms with van der Waals surface area (Å²) in [6, 6.07) is 3.74. The molecule has 0 aromatic heterocycles. The van der Waals surface area contributed by atoms with Gasteiger partial charge in [0.05, 0.1) is 4.90 Å². The molecule has 2 rings (SSSR count). The van der Waals surface area contributed by atoms with Gasteiger partial charge in [-0.15, -0.1) is 0 Å². The first-order chi connectivity index (χ1) is 8.49. The molecule has 1 heterocycles. The molecule has 1 aliphatic rings. The van der Waals surface area contributed by atoms with E-state index in [-0.39, 0.29) is 10.9 Å². The topological polar surface area (TPSA) is 58.2 Å². The van der Waals surface area contributed by atoms with Crippen molar-refractivity contribution in [2.75, 3.05) is 13.1 Å². The smallest absolute Gasteiger partial charge is 0.241 e. The first-order valence-corrected chi connectivity index (χ1v) is 7.46. The number of aryl methyl sites for hydroxylation is 1. The van der Waals surface area contributed by atoms with Crippen molar-refractivity contribution in [1.29, 1.82) is 0 Å². The molecule has 1 aliphatic heterocycles. The lowest BCUT2D eigenvalue weighted by Crippen LogP contribution is -2.42. The lowest BCUT2D eigenvalue weighted by atomic mass is 10.1. The largest absolute Gasteiger partial charge is 0.317 e. The molecule has 0 radical (unpaired) electrons. The molecular weight excluding hydrogens is 255 g/mol. The van der Waals surface area contributed by atoms with Crippen molar-refractivity contribution < 1.29 is 12.8 Å². The number of piperidine rings is 1. The molecule has 2 N–H and O–H groups in total. The van der Waals surface area contributed by atoms with Gasteiger partial charge in [0.25, 0.3) is 0 Å². The van der Waals surface area contributed by atoms with Crippen LogP contribution in [0.4, 0.5) is 4.39 Å². The molecule has 0 saturated carbocycles. The van der Waals surface area contributed by atoms with Gasteiger partial charge in [-0.05, 0) is 50.6 Å². The average Bonchev–Trinajstić information content (AvgIpc) is 2.33. The normalized spacial score (nSPS) is 17.9. The Labute approximate surface area is 107 Å². The molecule has 0 unspecified atom stereocenters. The Kier molecular flexibility index (Phi) is 3.99. The Morgan fingerprint density at radius 2 is 2.00 bits per heavy atom. The maximum atomic E-state index is 13.2. The summed E-state index contributed by atoms with van der Waals surface area (Å²) in [4.78, 5) is 0.0287. The summed E-state index contributed by atoms with van der Waals surface area (Å²) in [5.74, 6) is -0.536. The van der Waals surface area contributed by atoms with E-state index in [0.29, 0.717) is 5.56 Å². The van der Waals surface area contributed by atoms with Crippen molar-refractivity contribution in [2.45, 2.75) is 30.7 Å². The highest BCUT2D eigenvalue weighted by Crippen LogP contribution is 2.17. The minimum Gasteiger partial charge on any atom is -0.317 e. The first kappa shape index (κ1) is 13.5. The van der Waals surface area contributed by atoms with Crippen molar-refractivity contribution in [3.05, 3.63) is 29.6 Å². The Hall–Kier alpha value is -0.980. The van der Waals surface area contributed by atoms with Gasteiger partial charge in [-0.25, -0.2) is 17.5 Å². The zero-order valence-electron chi connectivity index (χ0n) is 10.2. The summed E-state index contributed by atoms with van der Waals surface area (Å²) in [6.45, 7) is 3.26. The van der Waals surface area contributed by atoms with Crippen LogP contribution in [0, 0.1) is 12.7 Å². The Balaban J connectivity index is 2.21. The van der Waals surface area contributed by atoms with Crippen molar-refractivity contribution >= 4 is 10.0 Å². The number of halogens is 1. The molecule has 0 bridgehead atoms. The highest BCUT2D eigenvalue weighted by atomic mass is 32.2. The van der Waals surface area contributed by atoms with Gasteiger partial charge < -0.3 is 5.32 Å². The third-order valence-corrected chi connectivity index (χ3v) is 4.76. The van der Waals surface area contributed by atoms with Crippen LogP contribution in [0.5, 0.6) is 0 Å². The molecule has 18 heavy (non-hydrogen) atoms. The summed E-state index contributed by atoms with van der Waals surface area (Å²) < 4.78 is 40.1. The van der Waals surface area contributed by atoms with Crippen LogP contribution >= 0.6 is 0 Å². The lowest BCUT2D eigenvalue weighted by molar-refractivity contribution is 0.427. The summed E-state index contributed by atoms with van der Waals surface area (Å²) in [6.07, 6.45) is 1.52. The fraction of sp³-hybridized carbons (Fsp3) is 0.500. The third-order valence-electron chi connectivity index (χ3n) is 3.10. The van der Waals surface area contributed by atoms with Crippen molar-refractivity contribution in [3.8, 4) is 0 Å². The number of sulfonamides is 1. The van der Waals surface area contributed by atoms with Gasteiger partial charge in [0.1, 0.15) is 5.82 Å². The fourth-order valence-corrected chi connectivity index (χ4v) is 3.65. The van der Waals surface area contributed by atoms with Gasteiger partial charge in [-0.1, -0.05) is 6.07 Å². The molecule has 0 aliphatic carbocycles. The maximum absolute atomic E-state index is 13.2. The van der Waals surface area contributed by atoms with E-state index in [2.05, 4.69) is 10.0 Å². The SMILES string of the molecule is Cc1ccc(F)cc1S(=O)(=O)NC1CCNCC1. The Morgan fingerprint density at radius 1 is 1.33 bits per heavy atom. The predicted molar refractivity (Wildman–Crippen MR) is 67.4 cm³/mol. The fourth-order valence-electron chi connectivity index (χ4n) is 2.09. The van der Waals surface area contributed by atoms with Gasteiger partial charge in [0.2, 0.25) is 10.0 Å². The van der Waals surface area contributed by atoms with Gasteiger partial charge in [0, 0.05) is 6.04 Å². The second-order valence-electron chi connectivity index (χ2n) is 4.56. The molecule has 1 fully saturated rings. The second kappa shape index (κ2) is 5.34. The van der Waals surface area contributed by atoms with Crippen molar-refractivity contribution in [3.63, 3.8) is 0 Å². The molecule has 0 atom stereocenters. The highest BCUT2D eigenvalue weighted by molar-refractivity contribution is 7.89. The number of rotatable bonds is 3. The van der Waals surface area contributed by atoms with Crippen LogP contribution in [0.3, 0.4) is 0 Å². The van der Waals surface area contributed by atoms with Crippen molar-refractivity contribution in [1.82, 2.24) is 10.0 Å². The molecular formula is C12H17FN2O2S. The predicted octanol–water partition coefficient (Wildman–Crippen LogP) is 1.16. The molecule has 1 aromatic carbocycles. The highest BCUT2D eigenvalue weighted by Gasteiger charge is 2.23. The lowest BCUT2D eigenvalue weighted by Gasteiger charge is -2.23. The van der Waals surface area contributed by atoms with E-state index in [1.54, 1.807) is 6.92 Å². The van der Waals surface area contributed by atoms with Gasteiger partial charge in [-0.3, -0.25) is 0 Å². The van der Waals surface area contributed by atoms with E-state index >= 15 is 0 Å². The summed E-state index contributed by atoms with van der Waals surface area (Å²) in [5.41, 5.74) is 0.554. The molecule has 1 aromatic rings. The van der Waals surface area contributed by atoms with E-state index in [1.165, 1.54) is 12.1 Å².